The first-order valence-corrected chi connectivity index (χ1v) is 10.3. The van der Waals surface area contributed by atoms with Crippen LogP contribution in [-0.4, -0.2) is 23.2 Å². The number of phenols is 1. The SMILES string of the molecule is O=c1oc2c(C[NH+]3CCCCCC3)c(O)ccc2cc1-c1[nH]c2ccccc2[nH+]1. The highest BCUT2D eigenvalue weighted by Gasteiger charge is 2.22. The van der Waals surface area contributed by atoms with Crippen molar-refractivity contribution in [1.29, 1.82) is 0 Å². The number of imidazole rings is 1. The van der Waals surface area contributed by atoms with Crippen LogP contribution < -0.4 is 15.5 Å². The van der Waals surface area contributed by atoms with E-state index in [1.165, 1.54) is 30.6 Å². The molecule has 1 aliphatic heterocycles. The Balaban J connectivity index is 1.58. The van der Waals surface area contributed by atoms with Gasteiger partial charge < -0.3 is 14.4 Å². The number of fused-ring (bicyclic) bond motifs is 2. The number of nitrogens with one attached hydrogen (secondary N) is 3. The van der Waals surface area contributed by atoms with Gasteiger partial charge in [-0.1, -0.05) is 12.1 Å². The van der Waals surface area contributed by atoms with Crippen LogP contribution in [0.25, 0.3) is 33.4 Å². The summed E-state index contributed by atoms with van der Waals surface area (Å²) in [4.78, 5) is 20.8. The van der Waals surface area contributed by atoms with Gasteiger partial charge in [0.05, 0.1) is 18.7 Å². The van der Waals surface area contributed by atoms with Crippen molar-refractivity contribution >= 4 is 22.0 Å². The maximum Gasteiger partial charge on any atom is 0.352 e. The molecule has 1 saturated heterocycles. The Kier molecular flexibility index (Phi) is 4.56. The molecule has 4 N–H and O–H groups in total. The van der Waals surface area contributed by atoms with Crippen molar-refractivity contribution in [3.8, 4) is 17.1 Å². The standard InChI is InChI=1S/C23H23N3O3/c27-20-10-9-15-13-16(22-24-18-7-3-4-8-19(18)25-22)23(28)29-21(15)17(20)14-26-11-5-1-2-6-12-26/h3-4,7-10,13,27H,1-2,5-6,11-12,14H2,(H,24,25)/p+2. The van der Waals surface area contributed by atoms with E-state index < -0.39 is 5.63 Å². The molecule has 5 rings (SSSR count). The second kappa shape index (κ2) is 7.37. The molecule has 4 aromatic rings. The number of hydrogen-bond acceptors (Lipinski definition) is 3. The lowest BCUT2D eigenvalue weighted by Crippen LogP contribution is -3.10. The third kappa shape index (κ3) is 3.40. The molecule has 0 aliphatic carbocycles. The minimum atomic E-state index is -0.418. The Morgan fingerprint density at radius 1 is 1.07 bits per heavy atom. The molecule has 0 atom stereocenters. The average Bonchev–Trinajstić information content (AvgIpc) is 2.99. The normalized spacial score (nSPS) is 15.7. The van der Waals surface area contributed by atoms with Gasteiger partial charge in [0.15, 0.2) is 16.6 Å². The zero-order chi connectivity index (χ0) is 19.8. The first-order chi connectivity index (χ1) is 14.2. The highest BCUT2D eigenvalue weighted by Crippen LogP contribution is 2.28. The fourth-order valence-electron chi connectivity index (χ4n) is 4.37. The summed E-state index contributed by atoms with van der Waals surface area (Å²) in [7, 11) is 0. The summed E-state index contributed by atoms with van der Waals surface area (Å²) in [5.74, 6) is 0.817. The Hall–Kier alpha value is -3.12. The number of likely N-dealkylation sites (tertiary alicyclic amines) is 1. The van der Waals surface area contributed by atoms with Crippen molar-refractivity contribution in [3.63, 3.8) is 0 Å². The molecule has 2 aromatic heterocycles. The van der Waals surface area contributed by atoms with E-state index in [2.05, 4.69) is 9.97 Å². The van der Waals surface area contributed by atoms with Gasteiger partial charge in [-0.2, -0.15) is 0 Å². The smallest absolute Gasteiger partial charge is 0.352 e. The number of phenolic OH excluding ortho intramolecular Hbond substituents is 1. The Labute approximate surface area is 167 Å². The monoisotopic (exact) mass is 391 g/mol. The number of benzene rings is 2. The van der Waals surface area contributed by atoms with Gasteiger partial charge in [0.1, 0.15) is 17.9 Å². The summed E-state index contributed by atoms with van der Waals surface area (Å²) >= 11 is 0. The van der Waals surface area contributed by atoms with Gasteiger partial charge in [-0.3, -0.25) is 0 Å². The van der Waals surface area contributed by atoms with E-state index in [0.717, 1.165) is 35.1 Å². The molecule has 29 heavy (non-hydrogen) atoms. The van der Waals surface area contributed by atoms with E-state index >= 15 is 0 Å². The lowest BCUT2D eigenvalue weighted by atomic mass is 10.1. The molecule has 0 amide bonds. The molecule has 0 bridgehead atoms. The van der Waals surface area contributed by atoms with Crippen molar-refractivity contribution in [3.05, 3.63) is 58.4 Å². The van der Waals surface area contributed by atoms with Crippen LogP contribution in [0.3, 0.4) is 0 Å². The number of para-hydroxylation sites is 2. The van der Waals surface area contributed by atoms with Crippen LogP contribution in [-0.2, 0) is 6.54 Å². The summed E-state index contributed by atoms with van der Waals surface area (Å²) in [6, 6.07) is 13.1. The largest absolute Gasteiger partial charge is 0.507 e. The van der Waals surface area contributed by atoms with Crippen LogP contribution in [0, 0.1) is 0 Å². The van der Waals surface area contributed by atoms with Crippen LogP contribution in [0.4, 0.5) is 0 Å². The van der Waals surface area contributed by atoms with Gasteiger partial charge >= 0.3 is 5.63 Å². The number of aromatic hydroxyl groups is 1. The summed E-state index contributed by atoms with van der Waals surface area (Å²) < 4.78 is 5.76. The first-order valence-electron chi connectivity index (χ1n) is 10.3. The molecule has 0 unspecified atom stereocenters. The topological polar surface area (TPSA) is 84.8 Å². The quantitative estimate of drug-likeness (QED) is 0.469. The van der Waals surface area contributed by atoms with E-state index in [4.69, 9.17) is 4.42 Å². The van der Waals surface area contributed by atoms with Gasteiger partial charge in [0.25, 0.3) is 5.82 Å². The predicted molar refractivity (Wildman–Crippen MR) is 111 cm³/mol. The summed E-state index contributed by atoms with van der Waals surface area (Å²) in [5, 5.41) is 11.3. The van der Waals surface area contributed by atoms with Gasteiger partial charge in [0.2, 0.25) is 0 Å². The van der Waals surface area contributed by atoms with Crippen LogP contribution in [0.15, 0.2) is 51.7 Å². The molecule has 3 heterocycles. The fourth-order valence-corrected chi connectivity index (χ4v) is 4.37. The molecule has 1 aliphatic rings. The molecular formula is C23H25N3O3+2. The zero-order valence-corrected chi connectivity index (χ0v) is 16.3. The Morgan fingerprint density at radius 2 is 1.86 bits per heavy atom. The molecule has 0 spiro atoms. The number of H-pyrrole nitrogens is 2. The predicted octanol–water partition coefficient (Wildman–Crippen LogP) is 2.42. The second-order valence-corrected chi connectivity index (χ2v) is 7.94. The van der Waals surface area contributed by atoms with E-state index in [-0.39, 0.29) is 5.75 Å². The first kappa shape index (κ1) is 17.9. The minimum Gasteiger partial charge on any atom is -0.507 e. The van der Waals surface area contributed by atoms with Crippen molar-refractivity contribution in [1.82, 2.24) is 4.98 Å². The van der Waals surface area contributed by atoms with Crippen LogP contribution >= 0.6 is 0 Å². The van der Waals surface area contributed by atoms with Crippen LogP contribution in [0.5, 0.6) is 5.75 Å². The van der Waals surface area contributed by atoms with Crippen LogP contribution in [0.1, 0.15) is 31.2 Å². The van der Waals surface area contributed by atoms with E-state index in [1.54, 1.807) is 12.1 Å². The minimum absolute atomic E-state index is 0.197. The van der Waals surface area contributed by atoms with Crippen LogP contribution in [0.2, 0.25) is 0 Å². The van der Waals surface area contributed by atoms with Crippen molar-refractivity contribution in [2.24, 2.45) is 0 Å². The highest BCUT2D eigenvalue weighted by atomic mass is 16.4. The number of aromatic nitrogens is 2. The van der Waals surface area contributed by atoms with E-state index in [0.29, 0.717) is 23.5 Å². The lowest BCUT2D eigenvalue weighted by Gasteiger charge is -2.18. The molecule has 2 aromatic carbocycles. The number of quaternary nitrogens is 1. The molecule has 6 heteroatoms. The van der Waals surface area contributed by atoms with Crippen molar-refractivity contribution in [2.75, 3.05) is 13.1 Å². The van der Waals surface area contributed by atoms with Gasteiger partial charge in [0, 0.05) is 5.39 Å². The molecule has 0 radical (unpaired) electrons. The van der Waals surface area contributed by atoms with Gasteiger partial charge in [-0.25, -0.2) is 14.8 Å². The number of aromatic amines is 2. The highest BCUT2D eigenvalue weighted by molar-refractivity contribution is 5.85. The maximum absolute atomic E-state index is 12.8. The number of rotatable bonds is 3. The van der Waals surface area contributed by atoms with Crippen molar-refractivity contribution in [2.45, 2.75) is 32.2 Å². The molecule has 0 saturated carbocycles. The zero-order valence-electron chi connectivity index (χ0n) is 16.3. The van der Waals surface area contributed by atoms with Gasteiger partial charge in [-0.15, -0.1) is 0 Å². The number of hydrogen-bond donors (Lipinski definition) is 3. The fraction of sp³-hybridized carbons (Fsp3) is 0.304. The molecular weight excluding hydrogens is 366 g/mol. The maximum atomic E-state index is 12.8. The molecule has 148 valence electrons. The van der Waals surface area contributed by atoms with Gasteiger partial charge in [-0.05, 0) is 56.0 Å². The summed E-state index contributed by atoms with van der Waals surface area (Å²) in [6.07, 6.45) is 4.94. The summed E-state index contributed by atoms with van der Waals surface area (Å²) in [5.41, 5.74) is 3.11. The summed E-state index contributed by atoms with van der Waals surface area (Å²) in [6.45, 7) is 2.84. The Morgan fingerprint density at radius 3 is 2.66 bits per heavy atom. The third-order valence-corrected chi connectivity index (χ3v) is 5.93. The van der Waals surface area contributed by atoms with E-state index in [9.17, 15) is 9.90 Å². The molecule has 6 nitrogen and oxygen atoms in total. The third-order valence-electron chi connectivity index (χ3n) is 5.93. The average molecular weight is 391 g/mol. The van der Waals surface area contributed by atoms with E-state index in [1.807, 2.05) is 30.3 Å². The van der Waals surface area contributed by atoms with Crippen molar-refractivity contribution < 1.29 is 19.4 Å². The second-order valence-electron chi connectivity index (χ2n) is 7.94. The Bertz CT molecular complexity index is 1200. The lowest BCUT2D eigenvalue weighted by molar-refractivity contribution is -0.913. The molecule has 1 fully saturated rings.